The van der Waals surface area contributed by atoms with Gasteiger partial charge in [-0.2, -0.15) is 4.98 Å². The van der Waals surface area contributed by atoms with Crippen molar-refractivity contribution in [2.75, 3.05) is 36.5 Å². The molecule has 0 amide bonds. The Balaban J connectivity index is 1.93. The van der Waals surface area contributed by atoms with Crippen LogP contribution in [0.2, 0.25) is 0 Å². The summed E-state index contributed by atoms with van der Waals surface area (Å²) in [6, 6.07) is 12.6. The SMILES string of the molecule is CCCCN(C)c1nc(-c2ccccc2)cc(N2CCC(C)CC2)n1. The van der Waals surface area contributed by atoms with Gasteiger partial charge in [-0.3, -0.25) is 0 Å². The lowest BCUT2D eigenvalue weighted by molar-refractivity contribution is 0.436. The molecule has 1 saturated heterocycles. The lowest BCUT2D eigenvalue weighted by Gasteiger charge is -2.32. The zero-order chi connectivity index (χ0) is 17.6. The minimum Gasteiger partial charge on any atom is -0.356 e. The fraction of sp³-hybridized carbons (Fsp3) is 0.524. The maximum Gasteiger partial charge on any atom is 0.227 e. The molecule has 1 aromatic carbocycles. The molecule has 4 heteroatoms. The highest BCUT2D eigenvalue weighted by Crippen LogP contribution is 2.27. The van der Waals surface area contributed by atoms with Gasteiger partial charge in [0.15, 0.2) is 0 Å². The van der Waals surface area contributed by atoms with Gasteiger partial charge in [0, 0.05) is 38.3 Å². The fourth-order valence-electron chi connectivity index (χ4n) is 3.24. The zero-order valence-corrected chi connectivity index (χ0v) is 15.8. The number of hydrogen-bond acceptors (Lipinski definition) is 4. The monoisotopic (exact) mass is 338 g/mol. The Morgan fingerprint density at radius 1 is 1.12 bits per heavy atom. The second-order valence-electron chi connectivity index (χ2n) is 7.22. The zero-order valence-electron chi connectivity index (χ0n) is 15.8. The second kappa shape index (κ2) is 8.32. The highest BCUT2D eigenvalue weighted by molar-refractivity contribution is 5.65. The Labute approximate surface area is 151 Å². The van der Waals surface area contributed by atoms with Gasteiger partial charge in [-0.25, -0.2) is 4.98 Å². The van der Waals surface area contributed by atoms with Crippen molar-refractivity contribution in [1.29, 1.82) is 0 Å². The highest BCUT2D eigenvalue weighted by atomic mass is 15.3. The number of unbranched alkanes of at least 4 members (excludes halogenated alkanes) is 1. The maximum atomic E-state index is 4.90. The van der Waals surface area contributed by atoms with Crippen molar-refractivity contribution in [2.45, 2.75) is 39.5 Å². The van der Waals surface area contributed by atoms with Crippen LogP contribution in [0.4, 0.5) is 11.8 Å². The molecule has 0 aliphatic carbocycles. The summed E-state index contributed by atoms with van der Waals surface area (Å²) in [4.78, 5) is 14.4. The quantitative estimate of drug-likeness (QED) is 0.769. The van der Waals surface area contributed by atoms with Gasteiger partial charge in [0.25, 0.3) is 0 Å². The van der Waals surface area contributed by atoms with E-state index in [9.17, 15) is 0 Å². The van der Waals surface area contributed by atoms with Gasteiger partial charge in [-0.05, 0) is 25.2 Å². The minimum atomic E-state index is 0.818. The van der Waals surface area contributed by atoms with Crippen LogP contribution in [0, 0.1) is 5.92 Å². The summed E-state index contributed by atoms with van der Waals surface area (Å²) in [5.74, 6) is 2.72. The summed E-state index contributed by atoms with van der Waals surface area (Å²) in [5.41, 5.74) is 2.17. The third kappa shape index (κ3) is 4.50. The van der Waals surface area contributed by atoms with Crippen LogP contribution in [-0.4, -0.2) is 36.6 Å². The standard InChI is InChI=1S/C21H30N4/c1-4-5-13-24(3)21-22-19(18-9-7-6-8-10-18)16-20(23-21)25-14-11-17(2)12-15-25/h6-10,16-17H,4-5,11-15H2,1-3H3. The summed E-state index contributed by atoms with van der Waals surface area (Å²) < 4.78 is 0. The van der Waals surface area contributed by atoms with Crippen molar-refractivity contribution in [3.63, 3.8) is 0 Å². The lowest BCUT2D eigenvalue weighted by Crippen LogP contribution is -2.34. The van der Waals surface area contributed by atoms with Crippen molar-refractivity contribution in [3.05, 3.63) is 36.4 Å². The summed E-state index contributed by atoms with van der Waals surface area (Å²) in [7, 11) is 2.10. The molecule has 0 atom stereocenters. The van der Waals surface area contributed by atoms with Gasteiger partial charge in [0.2, 0.25) is 5.95 Å². The Morgan fingerprint density at radius 2 is 1.84 bits per heavy atom. The first-order chi connectivity index (χ1) is 12.2. The van der Waals surface area contributed by atoms with Gasteiger partial charge < -0.3 is 9.80 Å². The molecular formula is C21H30N4. The van der Waals surface area contributed by atoms with Crippen LogP contribution in [0.3, 0.4) is 0 Å². The van der Waals surface area contributed by atoms with Crippen molar-refractivity contribution in [1.82, 2.24) is 9.97 Å². The molecule has 1 aliphatic rings. The minimum absolute atomic E-state index is 0.818. The lowest BCUT2D eigenvalue weighted by atomic mass is 9.99. The van der Waals surface area contributed by atoms with Crippen molar-refractivity contribution >= 4 is 11.8 Å². The third-order valence-electron chi connectivity index (χ3n) is 5.07. The van der Waals surface area contributed by atoms with E-state index in [4.69, 9.17) is 9.97 Å². The molecule has 0 spiro atoms. The summed E-state index contributed by atoms with van der Waals surface area (Å²) in [6.45, 7) is 7.73. The van der Waals surface area contributed by atoms with E-state index < -0.39 is 0 Å². The van der Waals surface area contributed by atoms with Crippen LogP contribution in [0.1, 0.15) is 39.5 Å². The van der Waals surface area contributed by atoms with Crippen LogP contribution in [-0.2, 0) is 0 Å². The van der Waals surface area contributed by atoms with E-state index in [2.05, 4.69) is 61.0 Å². The smallest absolute Gasteiger partial charge is 0.227 e. The molecule has 1 aliphatic heterocycles. The molecule has 0 bridgehead atoms. The first kappa shape index (κ1) is 17.7. The largest absolute Gasteiger partial charge is 0.356 e. The topological polar surface area (TPSA) is 32.3 Å². The van der Waals surface area contributed by atoms with Crippen LogP contribution in [0.15, 0.2) is 36.4 Å². The first-order valence-electron chi connectivity index (χ1n) is 9.58. The molecule has 0 unspecified atom stereocenters. The van der Waals surface area contributed by atoms with Crippen LogP contribution in [0.25, 0.3) is 11.3 Å². The highest BCUT2D eigenvalue weighted by Gasteiger charge is 2.19. The van der Waals surface area contributed by atoms with E-state index in [0.29, 0.717) is 0 Å². The average Bonchev–Trinajstić information content (AvgIpc) is 2.67. The van der Waals surface area contributed by atoms with Crippen LogP contribution >= 0.6 is 0 Å². The van der Waals surface area contributed by atoms with E-state index in [0.717, 1.165) is 55.0 Å². The van der Waals surface area contributed by atoms with Gasteiger partial charge in [0.1, 0.15) is 5.82 Å². The predicted molar refractivity (Wildman–Crippen MR) is 106 cm³/mol. The van der Waals surface area contributed by atoms with Gasteiger partial charge in [-0.15, -0.1) is 0 Å². The molecule has 4 nitrogen and oxygen atoms in total. The predicted octanol–water partition coefficient (Wildman–Crippen LogP) is 4.62. The van der Waals surface area contributed by atoms with E-state index >= 15 is 0 Å². The van der Waals surface area contributed by atoms with Crippen LogP contribution < -0.4 is 9.80 Å². The molecule has 2 heterocycles. The number of aromatic nitrogens is 2. The molecule has 1 fully saturated rings. The Morgan fingerprint density at radius 3 is 2.52 bits per heavy atom. The van der Waals surface area contributed by atoms with E-state index in [1.165, 1.54) is 19.3 Å². The average molecular weight is 338 g/mol. The molecular weight excluding hydrogens is 308 g/mol. The summed E-state index contributed by atoms with van der Waals surface area (Å²) in [6.07, 6.45) is 4.82. The Hall–Kier alpha value is -2.10. The Kier molecular flexibility index (Phi) is 5.90. The molecule has 2 aromatic rings. The van der Waals surface area contributed by atoms with Gasteiger partial charge in [-0.1, -0.05) is 50.6 Å². The fourth-order valence-corrected chi connectivity index (χ4v) is 3.24. The second-order valence-corrected chi connectivity index (χ2v) is 7.22. The molecule has 1 aromatic heterocycles. The van der Waals surface area contributed by atoms with E-state index in [1.807, 2.05) is 6.07 Å². The summed E-state index contributed by atoms with van der Waals surface area (Å²) in [5, 5.41) is 0. The number of hydrogen-bond donors (Lipinski definition) is 0. The first-order valence-corrected chi connectivity index (χ1v) is 9.58. The van der Waals surface area contributed by atoms with Gasteiger partial charge in [0.05, 0.1) is 5.69 Å². The van der Waals surface area contributed by atoms with Crippen LogP contribution in [0.5, 0.6) is 0 Å². The van der Waals surface area contributed by atoms with Crippen molar-refractivity contribution in [2.24, 2.45) is 5.92 Å². The number of nitrogens with zero attached hydrogens (tertiary/aromatic N) is 4. The molecule has 134 valence electrons. The molecule has 3 rings (SSSR count). The molecule has 25 heavy (non-hydrogen) atoms. The number of piperidine rings is 1. The van der Waals surface area contributed by atoms with Crippen molar-refractivity contribution < 1.29 is 0 Å². The van der Waals surface area contributed by atoms with Gasteiger partial charge >= 0.3 is 0 Å². The number of benzene rings is 1. The van der Waals surface area contributed by atoms with Crippen molar-refractivity contribution in [3.8, 4) is 11.3 Å². The molecule has 0 N–H and O–H groups in total. The molecule has 0 radical (unpaired) electrons. The number of rotatable bonds is 6. The maximum absolute atomic E-state index is 4.90. The van der Waals surface area contributed by atoms with E-state index in [1.54, 1.807) is 0 Å². The number of anilines is 2. The van der Waals surface area contributed by atoms with E-state index in [-0.39, 0.29) is 0 Å². The third-order valence-corrected chi connectivity index (χ3v) is 5.07. The molecule has 0 saturated carbocycles. The summed E-state index contributed by atoms with van der Waals surface area (Å²) >= 11 is 0. The Bertz CT molecular complexity index is 663. The normalized spacial score (nSPS) is 15.4.